The summed E-state index contributed by atoms with van der Waals surface area (Å²) in [5.41, 5.74) is 2.01. The van der Waals surface area contributed by atoms with Crippen LogP contribution in [-0.4, -0.2) is 29.7 Å². The third-order valence-electron chi connectivity index (χ3n) is 2.16. The van der Waals surface area contributed by atoms with E-state index in [1.54, 1.807) is 0 Å². The summed E-state index contributed by atoms with van der Waals surface area (Å²) in [5.74, 6) is -1.31. The highest BCUT2D eigenvalue weighted by Crippen LogP contribution is 2.14. The molecule has 7 nitrogen and oxygen atoms in total. The summed E-state index contributed by atoms with van der Waals surface area (Å²) in [6.45, 7) is 0. The van der Waals surface area contributed by atoms with Crippen LogP contribution in [0.25, 0.3) is 0 Å². The lowest BCUT2D eigenvalue weighted by molar-refractivity contribution is 0.0697. The number of aromatic nitrogens is 2. The Hall–Kier alpha value is -2.00. The minimum atomic E-state index is -3.58. The lowest BCUT2D eigenvalue weighted by Crippen LogP contribution is -2.15. The van der Waals surface area contributed by atoms with E-state index in [2.05, 4.69) is 14.9 Å². The van der Waals surface area contributed by atoms with Crippen LogP contribution in [0.4, 0.5) is 5.13 Å². The average Bonchev–Trinajstić information content (AvgIpc) is 2.81. The molecule has 0 unspecified atom stereocenters. The molecule has 0 fully saturated rings. The Labute approximate surface area is 113 Å². The summed E-state index contributed by atoms with van der Waals surface area (Å²) >= 11 is 1.08. The number of carboxylic acid groups (broad SMARTS) is 1. The highest BCUT2D eigenvalue weighted by atomic mass is 32.2. The van der Waals surface area contributed by atoms with Gasteiger partial charge >= 0.3 is 5.97 Å². The summed E-state index contributed by atoms with van der Waals surface area (Å²) in [6.07, 6.45) is 0. The molecule has 2 N–H and O–H groups in total. The summed E-state index contributed by atoms with van der Waals surface area (Å²) in [5, 5.41) is 16.0. The molecule has 1 aromatic heterocycles. The Balaban J connectivity index is 2.09. The van der Waals surface area contributed by atoms with Gasteiger partial charge in [-0.1, -0.05) is 23.5 Å². The van der Waals surface area contributed by atoms with Crippen molar-refractivity contribution in [2.75, 3.05) is 4.72 Å². The first-order valence-corrected chi connectivity index (χ1v) is 7.58. The SMILES string of the molecule is O=C(O)c1ccc(CS(=O)(=O)Nc2nncs2)cc1. The second-order valence-electron chi connectivity index (χ2n) is 3.61. The van der Waals surface area contributed by atoms with Crippen LogP contribution in [0.15, 0.2) is 29.8 Å². The zero-order chi connectivity index (χ0) is 13.9. The number of carbonyl (C=O) groups is 1. The van der Waals surface area contributed by atoms with E-state index in [0.717, 1.165) is 11.3 Å². The van der Waals surface area contributed by atoms with Crippen molar-refractivity contribution >= 4 is 32.5 Å². The summed E-state index contributed by atoms with van der Waals surface area (Å²) < 4.78 is 25.9. The van der Waals surface area contributed by atoms with E-state index in [9.17, 15) is 13.2 Å². The predicted molar refractivity (Wildman–Crippen MR) is 69.6 cm³/mol. The third kappa shape index (κ3) is 3.73. The van der Waals surface area contributed by atoms with Gasteiger partial charge in [-0.05, 0) is 17.7 Å². The van der Waals surface area contributed by atoms with Gasteiger partial charge in [0.15, 0.2) is 0 Å². The highest BCUT2D eigenvalue weighted by Gasteiger charge is 2.14. The molecule has 1 aromatic carbocycles. The zero-order valence-corrected chi connectivity index (χ0v) is 11.1. The lowest BCUT2D eigenvalue weighted by Gasteiger charge is -2.05. The molecular weight excluding hydrogens is 290 g/mol. The van der Waals surface area contributed by atoms with Crippen molar-refractivity contribution in [1.82, 2.24) is 10.2 Å². The Morgan fingerprint density at radius 1 is 1.32 bits per heavy atom. The van der Waals surface area contributed by atoms with Gasteiger partial charge in [-0.2, -0.15) is 0 Å². The van der Waals surface area contributed by atoms with Gasteiger partial charge in [0.05, 0.1) is 11.3 Å². The standard InChI is InChI=1S/C10H9N3O4S2/c14-9(15)8-3-1-7(2-4-8)5-19(16,17)13-10-12-11-6-18-10/h1-4,6H,5H2,(H,12,13)(H,14,15). The van der Waals surface area contributed by atoms with E-state index in [4.69, 9.17) is 5.11 Å². The molecule has 0 aliphatic carbocycles. The molecule has 1 heterocycles. The fraction of sp³-hybridized carbons (Fsp3) is 0.100. The van der Waals surface area contributed by atoms with Crippen LogP contribution in [0.1, 0.15) is 15.9 Å². The maximum Gasteiger partial charge on any atom is 0.335 e. The topological polar surface area (TPSA) is 109 Å². The minimum Gasteiger partial charge on any atom is -0.478 e. The summed E-state index contributed by atoms with van der Waals surface area (Å²) in [6, 6.07) is 5.64. The molecule has 100 valence electrons. The molecule has 0 amide bonds. The first-order chi connectivity index (χ1) is 8.96. The van der Waals surface area contributed by atoms with Gasteiger partial charge in [-0.15, -0.1) is 10.2 Å². The van der Waals surface area contributed by atoms with Gasteiger partial charge in [-0.25, -0.2) is 13.2 Å². The number of hydrogen-bond acceptors (Lipinski definition) is 6. The molecule has 2 rings (SSSR count). The molecule has 2 aromatic rings. The number of nitrogens with zero attached hydrogens (tertiary/aromatic N) is 2. The van der Waals surface area contributed by atoms with E-state index >= 15 is 0 Å². The number of aromatic carboxylic acids is 1. The van der Waals surface area contributed by atoms with Crippen molar-refractivity contribution in [2.45, 2.75) is 5.75 Å². The molecule has 0 spiro atoms. The Morgan fingerprint density at radius 3 is 2.53 bits per heavy atom. The van der Waals surface area contributed by atoms with Gasteiger partial charge in [-0.3, -0.25) is 4.72 Å². The van der Waals surface area contributed by atoms with E-state index in [1.807, 2.05) is 0 Å². The summed E-state index contributed by atoms with van der Waals surface area (Å²) in [4.78, 5) is 10.7. The molecule has 0 bridgehead atoms. The van der Waals surface area contributed by atoms with Crippen LogP contribution in [0.2, 0.25) is 0 Å². The number of nitrogens with one attached hydrogen (secondary N) is 1. The van der Waals surface area contributed by atoms with Gasteiger partial charge in [0.1, 0.15) is 5.51 Å². The van der Waals surface area contributed by atoms with Crippen molar-refractivity contribution in [1.29, 1.82) is 0 Å². The molecule has 0 radical (unpaired) electrons. The number of anilines is 1. The Kier molecular flexibility index (Phi) is 3.76. The first kappa shape index (κ1) is 13.4. The van der Waals surface area contributed by atoms with Gasteiger partial charge < -0.3 is 5.11 Å². The number of benzene rings is 1. The Bertz CT molecular complexity index is 665. The average molecular weight is 299 g/mol. The molecule has 0 aliphatic rings. The fourth-order valence-electron chi connectivity index (χ4n) is 1.35. The van der Waals surface area contributed by atoms with Crippen LogP contribution < -0.4 is 4.72 Å². The second-order valence-corrected chi connectivity index (χ2v) is 6.16. The largest absolute Gasteiger partial charge is 0.478 e. The predicted octanol–water partition coefficient (Wildman–Crippen LogP) is 1.18. The van der Waals surface area contributed by atoms with Crippen molar-refractivity contribution in [3.63, 3.8) is 0 Å². The summed E-state index contributed by atoms with van der Waals surface area (Å²) in [7, 11) is -3.58. The first-order valence-electron chi connectivity index (χ1n) is 5.05. The zero-order valence-electron chi connectivity index (χ0n) is 9.48. The van der Waals surface area contributed by atoms with Crippen LogP contribution in [-0.2, 0) is 15.8 Å². The molecule has 0 atom stereocenters. The highest BCUT2D eigenvalue weighted by molar-refractivity contribution is 7.92. The number of sulfonamides is 1. The fourth-order valence-corrected chi connectivity index (χ4v) is 3.22. The number of carboxylic acids is 1. The monoisotopic (exact) mass is 299 g/mol. The van der Waals surface area contributed by atoms with Crippen LogP contribution >= 0.6 is 11.3 Å². The van der Waals surface area contributed by atoms with Crippen molar-refractivity contribution in [3.05, 3.63) is 40.9 Å². The van der Waals surface area contributed by atoms with Crippen molar-refractivity contribution in [3.8, 4) is 0 Å². The smallest absolute Gasteiger partial charge is 0.335 e. The number of rotatable bonds is 5. The third-order valence-corrected chi connectivity index (χ3v) is 4.11. The normalized spacial score (nSPS) is 11.2. The Morgan fingerprint density at radius 2 is 2.00 bits per heavy atom. The molecular formula is C10H9N3O4S2. The molecule has 19 heavy (non-hydrogen) atoms. The van der Waals surface area contributed by atoms with Crippen LogP contribution in [0.5, 0.6) is 0 Å². The minimum absolute atomic E-state index is 0.109. The molecule has 0 saturated heterocycles. The quantitative estimate of drug-likeness (QED) is 0.858. The van der Waals surface area contributed by atoms with Crippen molar-refractivity contribution in [2.24, 2.45) is 0 Å². The molecule has 0 aliphatic heterocycles. The molecule has 9 heteroatoms. The van der Waals surface area contributed by atoms with Crippen LogP contribution in [0, 0.1) is 0 Å². The van der Waals surface area contributed by atoms with E-state index in [0.29, 0.717) is 5.56 Å². The van der Waals surface area contributed by atoms with E-state index < -0.39 is 16.0 Å². The second kappa shape index (κ2) is 5.33. The van der Waals surface area contributed by atoms with Crippen molar-refractivity contribution < 1.29 is 18.3 Å². The lowest BCUT2D eigenvalue weighted by atomic mass is 10.1. The maximum absolute atomic E-state index is 11.8. The van der Waals surface area contributed by atoms with Gasteiger partial charge in [0.2, 0.25) is 15.2 Å². The van der Waals surface area contributed by atoms with Crippen LogP contribution in [0.3, 0.4) is 0 Å². The van der Waals surface area contributed by atoms with Gasteiger partial charge in [0, 0.05) is 0 Å². The van der Waals surface area contributed by atoms with Gasteiger partial charge in [0.25, 0.3) is 0 Å². The van der Waals surface area contributed by atoms with E-state index in [1.165, 1.54) is 29.8 Å². The number of hydrogen-bond donors (Lipinski definition) is 2. The maximum atomic E-state index is 11.8. The van der Waals surface area contributed by atoms with E-state index in [-0.39, 0.29) is 16.4 Å². The molecule has 0 saturated carbocycles.